The van der Waals surface area contributed by atoms with Crippen LogP contribution in [0.5, 0.6) is 0 Å². The van der Waals surface area contributed by atoms with Gasteiger partial charge in [-0.1, -0.05) is 0 Å². The predicted octanol–water partition coefficient (Wildman–Crippen LogP) is 5.72. The highest BCUT2D eigenvalue weighted by Crippen LogP contribution is 2.51. The molecule has 0 aromatic heterocycles. The van der Waals surface area contributed by atoms with E-state index in [1.807, 2.05) is 0 Å². The quantitative estimate of drug-likeness (QED) is 0.459. The van der Waals surface area contributed by atoms with Crippen LogP contribution in [0.3, 0.4) is 0 Å². The summed E-state index contributed by atoms with van der Waals surface area (Å²) in [6.45, 7) is 0. The van der Waals surface area contributed by atoms with E-state index in [-0.39, 0.29) is 0 Å². The Morgan fingerprint density at radius 3 is 1.22 bits per heavy atom. The molecule has 3 aromatic carbocycles. The zero-order valence-electron chi connectivity index (χ0n) is 11.8. The normalized spacial score (nSPS) is 11.4. The van der Waals surface area contributed by atoms with Gasteiger partial charge in [-0.3, -0.25) is 0 Å². The summed E-state index contributed by atoms with van der Waals surface area (Å²) in [6, 6.07) is 14.8. The molecule has 0 fully saturated rings. The molecule has 0 aliphatic heterocycles. The van der Waals surface area contributed by atoms with Crippen LogP contribution in [0.15, 0.2) is 81.4 Å². The lowest BCUT2D eigenvalue weighted by Crippen LogP contribution is -1.92. The molecular weight excluding hydrogens is 324 g/mol. The largest absolute Gasteiger partial charge is 0.207 e. The second-order valence-electron chi connectivity index (χ2n) is 4.92. The van der Waals surface area contributed by atoms with Crippen molar-refractivity contribution in [3.8, 4) is 0 Å². The topological polar surface area (TPSA) is 0 Å². The maximum atomic E-state index is 13.6. The van der Waals surface area contributed by atoms with Crippen LogP contribution >= 0.6 is 10.9 Å². The highest BCUT2D eigenvalue weighted by molar-refractivity contribution is 8.17. The van der Waals surface area contributed by atoms with Crippen molar-refractivity contribution < 1.29 is 17.6 Å². The Labute approximate surface area is 133 Å². The lowest BCUT2D eigenvalue weighted by molar-refractivity contribution is 0.577. The number of hydrogen-bond donors (Lipinski definition) is 1. The van der Waals surface area contributed by atoms with Gasteiger partial charge in [0.1, 0.15) is 23.3 Å². The SMILES string of the molecule is Fc1ccc([SH](c2ccc(F)cc2)c2cc(F)cc(F)c2)cc1. The second-order valence-corrected chi connectivity index (χ2v) is 7.14. The van der Waals surface area contributed by atoms with Gasteiger partial charge < -0.3 is 0 Å². The van der Waals surface area contributed by atoms with Gasteiger partial charge in [-0.25, -0.2) is 17.6 Å². The molecule has 0 saturated heterocycles. The maximum Gasteiger partial charge on any atom is 0.127 e. The van der Waals surface area contributed by atoms with Gasteiger partial charge in [0, 0.05) is 11.0 Å². The molecule has 3 aromatic rings. The van der Waals surface area contributed by atoms with Gasteiger partial charge in [0.2, 0.25) is 0 Å². The Balaban J connectivity index is 2.16. The van der Waals surface area contributed by atoms with Crippen molar-refractivity contribution in [3.63, 3.8) is 0 Å². The minimum absolute atomic E-state index is 0.395. The first-order chi connectivity index (χ1) is 11.0. The zero-order valence-corrected chi connectivity index (χ0v) is 12.7. The second kappa shape index (κ2) is 6.46. The van der Waals surface area contributed by atoms with Gasteiger partial charge in [0.05, 0.1) is 0 Å². The van der Waals surface area contributed by atoms with E-state index in [4.69, 9.17) is 0 Å². The first kappa shape index (κ1) is 15.6. The zero-order chi connectivity index (χ0) is 16.4. The van der Waals surface area contributed by atoms with E-state index < -0.39 is 34.2 Å². The van der Waals surface area contributed by atoms with Crippen LogP contribution in [-0.4, -0.2) is 0 Å². The molecule has 0 heterocycles. The standard InChI is InChI=1S/C18H12F4S/c19-12-1-5-16(6-2-12)23(17-7-3-13(20)4-8-17)18-10-14(21)9-15(22)11-18/h1-11,23H. The van der Waals surface area contributed by atoms with Gasteiger partial charge in [-0.05, 0) is 70.5 Å². The molecule has 0 saturated carbocycles. The molecule has 0 N–H and O–H groups in total. The van der Waals surface area contributed by atoms with Crippen LogP contribution in [0.25, 0.3) is 0 Å². The monoisotopic (exact) mass is 336 g/mol. The van der Waals surface area contributed by atoms with Crippen molar-refractivity contribution >= 4 is 10.9 Å². The third kappa shape index (κ3) is 3.56. The van der Waals surface area contributed by atoms with Gasteiger partial charge in [-0.15, -0.1) is 0 Å². The molecule has 3 rings (SSSR count). The van der Waals surface area contributed by atoms with E-state index in [2.05, 4.69) is 0 Å². The Hall–Kier alpha value is -2.27. The molecule has 0 aliphatic carbocycles. The number of hydrogen-bond acceptors (Lipinski definition) is 0. The average Bonchev–Trinajstić information content (AvgIpc) is 2.50. The summed E-state index contributed by atoms with van der Waals surface area (Å²) in [4.78, 5) is 1.88. The first-order valence-electron chi connectivity index (χ1n) is 6.80. The molecule has 0 radical (unpaired) electrons. The molecule has 5 heteroatoms. The minimum atomic E-state index is -1.32. The number of halogens is 4. The van der Waals surface area contributed by atoms with E-state index in [0.29, 0.717) is 4.90 Å². The highest BCUT2D eigenvalue weighted by Gasteiger charge is 2.15. The fourth-order valence-corrected chi connectivity index (χ4v) is 4.59. The number of benzene rings is 3. The van der Waals surface area contributed by atoms with Crippen LogP contribution in [0, 0.1) is 23.3 Å². The summed E-state index contributed by atoms with van der Waals surface area (Å²) in [6.07, 6.45) is 0. The lowest BCUT2D eigenvalue weighted by atomic mass is 10.3. The average molecular weight is 336 g/mol. The van der Waals surface area contributed by atoms with E-state index in [0.717, 1.165) is 15.9 Å². The van der Waals surface area contributed by atoms with Crippen LogP contribution in [0.2, 0.25) is 0 Å². The molecule has 0 unspecified atom stereocenters. The summed E-state index contributed by atoms with van der Waals surface area (Å²) in [5.41, 5.74) is 0. The van der Waals surface area contributed by atoms with Crippen molar-refractivity contribution in [3.05, 3.63) is 90.0 Å². The van der Waals surface area contributed by atoms with Gasteiger partial charge in [0.25, 0.3) is 0 Å². The van der Waals surface area contributed by atoms with E-state index in [1.165, 1.54) is 36.4 Å². The molecule has 118 valence electrons. The number of rotatable bonds is 3. The third-order valence-electron chi connectivity index (χ3n) is 3.28. The van der Waals surface area contributed by atoms with E-state index in [1.54, 1.807) is 24.3 Å². The van der Waals surface area contributed by atoms with Crippen LogP contribution in [0.1, 0.15) is 0 Å². The van der Waals surface area contributed by atoms with Crippen LogP contribution < -0.4 is 0 Å². The molecule has 0 aliphatic rings. The summed E-state index contributed by atoms with van der Waals surface area (Å²) in [5, 5.41) is 0. The Bertz CT molecular complexity index is 748. The molecule has 0 nitrogen and oxygen atoms in total. The first-order valence-corrected chi connectivity index (χ1v) is 8.14. The third-order valence-corrected chi connectivity index (χ3v) is 5.68. The lowest BCUT2D eigenvalue weighted by Gasteiger charge is -2.23. The van der Waals surface area contributed by atoms with E-state index in [9.17, 15) is 17.6 Å². The minimum Gasteiger partial charge on any atom is -0.207 e. The number of thiol groups is 1. The molecule has 23 heavy (non-hydrogen) atoms. The van der Waals surface area contributed by atoms with Gasteiger partial charge in [-0.2, -0.15) is 10.9 Å². The van der Waals surface area contributed by atoms with Gasteiger partial charge >= 0.3 is 0 Å². The molecule has 0 bridgehead atoms. The van der Waals surface area contributed by atoms with Crippen molar-refractivity contribution in [2.75, 3.05) is 0 Å². The fourth-order valence-electron chi connectivity index (χ4n) is 2.30. The summed E-state index contributed by atoms with van der Waals surface area (Å²) in [7, 11) is -1.32. The molecule has 0 atom stereocenters. The van der Waals surface area contributed by atoms with Gasteiger partial charge in [0.15, 0.2) is 0 Å². The van der Waals surface area contributed by atoms with Crippen LogP contribution in [-0.2, 0) is 0 Å². The summed E-state index contributed by atoms with van der Waals surface area (Å²) < 4.78 is 53.5. The van der Waals surface area contributed by atoms with Crippen molar-refractivity contribution in [1.29, 1.82) is 0 Å². The smallest absolute Gasteiger partial charge is 0.127 e. The van der Waals surface area contributed by atoms with Crippen molar-refractivity contribution in [2.24, 2.45) is 0 Å². The van der Waals surface area contributed by atoms with E-state index >= 15 is 0 Å². The Morgan fingerprint density at radius 1 is 0.435 bits per heavy atom. The summed E-state index contributed by atoms with van der Waals surface area (Å²) in [5.74, 6) is -2.16. The molecule has 0 spiro atoms. The Morgan fingerprint density at radius 2 is 0.826 bits per heavy atom. The van der Waals surface area contributed by atoms with Crippen LogP contribution in [0.4, 0.5) is 17.6 Å². The predicted molar refractivity (Wildman–Crippen MR) is 82.9 cm³/mol. The van der Waals surface area contributed by atoms with Crippen molar-refractivity contribution in [2.45, 2.75) is 14.7 Å². The molecule has 0 amide bonds. The fraction of sp³-hybridized carbons (Fsp3) is 0. The molecular formula is C18H12F4S. The highest BCUT2D eigenvalue weighted by atomic mass is 32.2. The van der Waals surface area contributed by atoms with Crippen molar-refractivity contribution in [1.82, 2.24) is 0 Å². The summed E-state index contributed by atoms with van der Waals surface area (Å²) >= 11 is 0. The maximum absolute atomic E-state index is 13.6. The Kier molecular flexibility index (Phi) is 4.39.